The maximum Gasteiger partial charge on any atom is 0.336 e. The molecular weight excluding hydrogens is 264 g/mol. The van der Waals surface area contributed by atoms with Crippen LogP contribution in [0.2, 0.25) is 0 Å². The first-order valence-corrected chi connectivity index (χ1v) is 5.74. The lowest BCUT2D eigenvalue weighted by Gasteiger charge is -2.16. The monoisotopic (exact) mass is 278 g/mol. The summed E-state index contributed by atoms with van der Waals surface area (Å²) in [4.78, 5) is 11.5. The summed E-state index contributed by atoms with van der Waals surface area (Å²) >= 11 is 0. The SMILES string of the molecule is COc1cc(C(=O)O)c(-c2ccco2)c(OC)c1OC. The van der Waals surface area contributed by atoms with Gasteiger partial charge < -0.3 is 23.7 Å². The van der Waals surface area contributed by atoms with E-state index in [0.29, 0.717) is 17.1 Å². The fraction of sp³-hybridized carbons (Fsp3) is 0.214. The van der Waals surface area contributed by atoms with E-state index >= 15 is 0 Å². The number of benzene rings is 1. The predicted octanol–water partition coefficient (Wildman–Crippen LogP) is 2.67. The number of ether oxygens (including phenoxy) is 3. The minimum Gasteiger partial charge on any atom is -0.493 e. The summed E-state index contributed by atoms with van der Waals surface area (Å²) in [5.41, 5.74) is 0.317. The molecule has 2 aromatic rings. The fourth-order valence-corrected chi connectivity index (χ4v) is 1.99. The topological polar surface area (TPSA) is 78.1 Å². The molecule has 0 bridgehead atoms. The van der Waals surface area contributed by atoms with Gasteiger partial charge in [0.15, 0.2) is 11.5 Å². The maximum absolute atomic E-state index is 11.5. The highest BCUT2D eigenvalue weighted by atomic mass is 16.5. The summed E-state index contributed by atoms with van der Waals surface area (Å²) in [7, 11) is 4.30. The summed E-state index contributed by atoms with van der Waals surface area (Å²) in [5, 5.41) is 9.37. The van der Waals surface area contributed by atoms with Crippen LogP contribution >= 0.6 is 0 Å². The minimum absolute atomic E-state index is 0.00875. The van der Waals surface area contributed by atoms with Crippen LogP contribution in [0.3, 0.4) is 0 Å². The Bertz CT molecular complexity index is 615. The summed E-state index contributed by atoms with van der Waals surface area (Å²) < 4.78 is 21.0. The normalized spacial score (nSPS) is 10.2. The molecule has 0 atom stereocenters. The minimum atomic E-state index is -1.12. The Morgan fingerprint density at radius 2 is 1.85 bits per heavy atom. The van der Waals surface area contributed by atoms with Gasteiger partial charge in [-0.1, -0.05) is 0 Å². The lowest BCUT2D eigenvalue weighted by molar-refractivity contribution is 0.0696. The van der Waals surface area contributed by atoms with Crippen LogP contribution in [-0.2, 0) is 0 Å². The summed E-state index contributed by atoms with van der Waals surface area (Å²) in [6.45, 7) is 0. The molecule has 1 heterocycles. The van der Waals surface area contributed by atoms with Gasteiger partial charge in [-0.15, -0.1) is 0 Å². The molecule has 0 unspecified atom stereocenters. The van der Waals surface area contributed by atoms with Crippen LogP contribution in [0.25, 0.3) is 11.3 Å². The van der Waals surface area contributed by atoms with Crippen molar-refractivity contribution in [3.63, 3.8) is 0 Å². The highest BCUT2D eigenvalue weighted by molar-refractivity contribution is 5.99. The average Bonchev–Trinajstić information content (AvgIpc) is 2.98. The number of rotatable bonds is 5. The van der Waals surface area contributed by atoms with Crippen molar-refractivity contribution < 1.29 is 28.5 Å². The number of carboxylic acid groups (broad SMARTS) is 1. The molecule has 1 aromatic carbocycles. The number of hydrogen-bond donors (Lipinski definition) is 1. The van der Waals surface area contributed by atoms with E-state index in [1.54, 1.807) is 12.1 Å². The van der Waals surface area contributed by atoms with E-state index in [-0.39, 0.29) is 17.1 Å². The molecule has 1 aromatic heterocycles. The second-order valence-electron chi connectivity index (χ2n) is 3.85. The number of carboxylic acids is 1. The highest BCUT2D eigenvalue weighted by Crippen LogP contribution is 2.46. The molecule has 0 aliphatic carbocycles. The number of hydrogen-bond acceptors (Lipinski definition) is 5. The van der Waals surface area contributed by atoms with Crippen LogP contribution in [0.1, 0.15) is 10.4 Å². The molecule has 6 heteroatoms. The van der Waals surface area contributed by atoms with Crippen molar-refractivity contribution in [3.8, 4) is 28.6 Å². The van der Waals surface area contributed by atoms with Gasteiger partial charge in [0, 0.05) is 0 Å². The van der Waals surface area contributed by atoms with Crippen molar-refractivity contribution in [1.82, 2.24) is 0 Å². The van der Waals surface area contributed by atoms with Gasteiger partial charge in [0.05, 0.1) is 38.7 Å². The largest absolute Gasteiger partial charge is 0.493 e. The van der Waals surface area contributed by atoms with Crippen LogP contribution in [-0.4, -0.2) is 32.4 Å². The van der Waals surface area contributed by atoms with E-state index in [9.17, 15) is 9.90 Å². The van der Waals surface area contributed by atoms with Crippen LogP contribution in [0, 0.1) is 0 Å². The molecule has 0 aliphatic rings. The Labute approximate surface area is 115 Å². The lowest BCUT2D eigenvalue weighted by Crippen LogP contribution is -2.05. The van der Waals surface area contributed by atoms with Gasteiger partial charge in [-0.2, -0.15) is 0 Å². The Hall–Kier alpha value is -2.63. The predicted molar refractivity (Wildman–Crippen MR) is 70.8 cm³/mol. The molecular formula is C14H14O6. The van der Waals surface area contributed by atoms with E-state index in [4.69, 9.17) is 18.6 Å². The van der Waals surface area contributed by atoms with Crippen LogP contribution < -0.4 is 14.2 Å². The summed E-state index contributed by atoms with van der Waals surface area (Å²) in [5.74, 6) is 0.0958. The first-order chi connectivity index (χ1) is 9.63. The van der Waals surface area contributed by atoms with Crippen molar-refractivity contribution >= 4 is 5.97 Å². The zero-order valence-electron chi connectivity index (χ0n) is 11.3. The third-order valence-electron chi connectivity index (χ3n) is 2.83. The molecule has 0 radical (unpaired) electrons. The van der Waals surface area contributed by atoms with E-state index < -0.39 is 5.97 Å². The second kappa shape index (κ2) is 5.56. The lowest BCUT2D eigenvalue weighted by atomic mass is 10.0. The molecule has 0 fully saturated rings. The van der Waals surface area contributed by atoms with Crippen LogP contribution in [0.5, 0.6) is 17.2 Å². The number of carbonyl (C=O) groups is 1. The van der Waals surface area contributed by atoms with Crippen LogP contribution in [0.4, 0.5) is 0 Å². The van der Waals surface area contributed by atoms with E-state index in [2.05, 4.69) is 0 Å². The second-order valence-corrected chi connectivity index (χ2v) is 3.85. The van der Waals surface area contributed by atoms with Crippen molar-refractivity contribution in [2.75, 3.05) is 21.3 Å². The molecule has 20 heavy (non-hydrogen) atoms. The van der Waals surface area contributed by atoms with Gasteiger partial charge >= 0.3 is 5.97 Å². The van der Waals surface area contributed by atoms with Crippen molar-refractivity contribution in [2.24, 2.45) is 0 Å². The van der Waals surface area contributed by atoms with Gasteiger partial charge in [0.1, 0.15) is 5.76 Å². The van der Waals surface area contributed by atoms with Gasteiger partial charge in [-0.3, -0.25) is 0 Å². The Morgan fingerprint density at radius 3 is 2.30 bits per heavy atom. The standard InChI is InChI=1S/C14H14O6/c1-17-10-7-8(14(15)16)11(9-5-4-6-20-9)13(19-3)12(10)18-2/h4-7H,1-3H3,(H,15,16). The van der Waals surface area contributed by atoms with Crippen LogP contribution in [0.15, 0.2) is 28.9 Å². The molecule has 106 valence electrons. The molecule has 2 rings (SSSR count). The number of aromatic carboxylic acids is 1. The molecule has 0 amide bonds. The molecule has 0 saturated carbocycles. The number of furan rings is 1. The van der Waals surface area contributed by atoms with E-state index in [0.717, 1.165) is 0 Å². The van der Waals surface area contributed by atoms with Crippen molar-refractivity contribution in [3.05, 3.63) is 30.0 Å². The van der Waals surface area contributed by atoms with E-state index in [1.807, 2.05) is 0 Å². The van der Waals surface area contributed by atoms with E-state index in [1.165, 1.54) is 33.7 Å². The summed E-state index contributed by atoms with van der Waals surface area (Å²) in [6.07, 6.45) is 1.46. The highest BCUT2D eigenvalue weighted by Gasteiger charge is 2.26. The van der Waals surface area contributed by atoms with Gasteiger partial charge in [-0.05, 0) is 18.2 Å². The molecule has 0 spiro atoms. The van der Waals surface area contributed by atoms with Crippen molar-refractivity contribution in [2.45, 2.75) is 0 Å². The Morgan fingerprint density at radius 1 is 1.15 bits per heavy atom. The maximum atomic E-state index is 11.5. The van der Waals surface area contributed by atoms with Gasteiger partial charge in [0.25, 0.3) is 0 Å². The Kier molecular flexibility index (Phi) is 3.84. The van der Waals surface area contributed by atoms with Gasteiger partial charge in [0.2, 0.25) is 5.75 Å². The first kappa shape index (κ1) is 13.8. The quantitative estimate of drug-likeness (QED) is 0.905. The first-order valence-electron chi connectivity index (χ1n) is 5.74. The molecule has 0 aliphatic heterocycles. The smallest absolute Gasteiger partial charge is 0.336 e. The Balaban J connectivity index is 2.84. The molecule has 0 saturated heterocycles. The van der Waals surface area contributed by atoms with Crippen molar-refractivity contribution in [1.29, 1.82) is 0 Å². The average molecular weight is 278 g/mol. The summed E-state index contributed by atoms with van der Waals surface area (Å²) in [6, 6.07) is 4.69. The molecule has 1 N–H and O–H groups in total. The third-order valence-corrected chi connectivity index (χ3v) is 2.83. The third kappa shape index (κ3) is 2.16. The fourth-order valence-electron chi connectivity index (χ4n) is 1.99. The number of methoxy groups -OCH3 is 3. The van der Waals surface area contributed by atoms with Gasteiger partial charge in [-0.25, -0.2) is 4.79 Å². The molecule has 6 nitrogen and oxygen atoms in total. The zero-order valence-corrected chi connectivity index (χ0v) is 11.3. The zero-order chi connectivity index (χ0) is 14.7.